The second-order valence-corrected chi connectivity index (χ2v) is 3.91. The average Bonchev–Trinajstić information content (AvgIpc) is 2.58. The lowest BCUT2D eigenvalue weighted by molar-refractivity contribution is 0.262. The van der Waals surface area contributed by atoms with Crippen molar-refractivity contribution in [2.75, 3.05) is 4.43 Å². The minimum absolute atomic E-state index is 0.296. The molecule has 1 atom stereocenters. The van der Waals surface area contributed by atoms with E-state index in [-0.39, 0.29) is 0 Å². The molecule has 0 saturated carbocycles. The number of alkyl halides is 1. The summed E-state index contributed by atoms with van der Waals surface area (Å²) >= 11 is 2.32. The van der Waals surface area contributed by atoms with Gasteiger partial charge in [-0.2, -0.15) is 5.26 Å². The SMILES string of the molecule is N#Cc1ccc2c(c1)CC(CI)O2. The third kappa shape index (κ3) is 1.63. The molecule has 0 N–H and O–H groups in total. The minimum Gasteiger partial charge on any atom is -0.489 e. The first-order chi connectivity index (χ1) is 6.33. The highest BCUT2D eigenvalue weighted by Crippen LogP contribution is 2.29. The Morgan fingerprint density at radius 1 is 1.62 bits per heavy atom. The first kappa shape index (κ1) is 8.82. The van der Waals surface area contributed by atoms with E-state index in [9.17, 15) is 0 Å². The van der Waals surface area contributed by atoms with Crippen molar-refractivity contribution in [3.8, 4) is 11.8 Å². The van der Waals surface area contributed by atoms with E-state index in [2.05, 4.69) is 28.7 Å². The number of rotatable bonds is 1. The van der Waals surface area contributed by atoms with E-state index in [0.29, 0.717) is 6.10 Å². The quantitative estimate of drug-likeness (QED) is 0.586. The van der Waals surface area contributed by atoms with Gasteiger partial charge < -0.3 is 4.74 Å². The van der Waals surface area contributed by atoms with Crippen LogP contribution in [0, 0.1) is 11.3 Å². The Labute approximate surface area is 90.7 Å². The number of hydrogen-bond acceptors (Lipinski definition) is 2. The largest absolute Gasteiger partial charge is 0.489 e. The van der Waals surface area contributed by atoms with Gasteiger partial charge >= 0.3 is 0 Å². The van der Waals surface area contributed by atoms with Crippen molar-refractivity contribution in [1.29, 1.82) is 5.26 Å². The third-order valence-corrected chi connectivity index (χ3v) is 3.09. The lowest BCUT2D eigenvalue weighted by Crippen LogP contribution is -2.13. The van der Waals surface area contributed by atoms with Crippen molar-refractivity contribution in [3.05, 3.63) is 29.3 Å². The molecule has 0 aliphatic carbocycles. The summed E-state index contributed by atoms with van der Waals surface area (Å²) in [6, 6.07) is 7.74. The predicted molar refractivity (Wildman–Crippen MR) is 58.2 cm³/mol. The Bertz CT molecular complexity index is 370. The van der Waals surface area contributed by atoms with Gasteiger partial charge in [-0.05, 0) is 23.8 Å². The highest BCUT2D eigenvalue weighted by molar-refractivity contribution is 14.1. The van der Waals surface area contributed by atoms with Gasteiger partial charge in [0.25, 0.3) is 0 Å². The van der Waals surface area contributed by atoms with Crippen LogP contribution in [0.15, 0.2) is 18.2 Å². The summed E-state index contributed by atoms with van der Waals surface area (Å²) in [6.07, 6.45) is 1.23. The fourth-order valence-corrected chi connectivity index (χ4v) is 1.97. The van der Waals surface area contributed by atoms with Gasteiger partial charge in [-0.15, -0.1) is 0 Å². The zero-order chi connectivity index (χ0) is 9.26. The van der Waals surface area contributed by atoms with Crippen LogP contribution in [0.3, 0.4) is 0 Å². The molecule has 0 fully saturated rings. The van der Waals surface area contributed by atoms with Crippen LogP contribution in [0.25, 0.3) is 0 Å². The summed E-state index contributed by atoms with van der Waals surface area (Å²) in [5.74, 6) is 0.945. The van der Waals surface area contributed by atoms with E-state index < -0.39 is 0 Å². The first-order valence-corrected chi connectivity index (χ1v) is 5.61. The lowest BCUT2D eigenvalue weighted by atomic mass is 10.1. The molecule has 0 amide bonds. The number of benzene rings is 1. The van der Waals surface area contributed by atoms with Gasteiger partial charge in [0, 0.05) is 10.8 Å². The monoisotopic (exact) mass is 285 g/mol. The second-order valence-electron chi connectivity index (χ2n) is 3.03. The lowest BCUT2D eigenvalue weighted by Gasteiger charge is -2.04. The molecule has 0 aromatic heterocycles. The smallest absolute Gasteiger partial charge is 0.123 e. The molecule has 0 saturated heterocycles. The maximum atomic E-state index is 8.70. The number of hydrogen-bond donors (Lipinski definition) is 0. The van der Waals surface area contributed by atoms with Crippen LogP contribution in [0.2, 0.25) is 0 Å². The van der Waals surface area contributed by atoms with Gasteiger partial charge in [0.05, 0.1) is 11.6 Å². The fraction of sp³-hybridized carbons (Fsp3) is 0.300. The summed E-state index contributed by atoms with van der Waals surface area (Å²) < 4.78 is 6.63. The average molecular weight is 285 g/mol. The zero-order valence-corrected chi connectivity index (χ0v) is 9.11. The zero-order valence-electron chi connectivity index (χ0n) is 6.96. The molecule has 1 aromatic carbocycles. The summed E-state index contributed by atoms with van der Waals surface area (Å²) in [5, 5.41) is 8.70. The van der Waals surface area contributed by atoms with E-state index >= 15 is 0 Å². The Morgan fingerprint density at radius 2 is 2.46 bits per heavy atom. The molecule has 13 heavy (non-hydrogen) atoms. The molecular weight excluding hydrogens is 277 g/mol. The van der Waals surface area contributed by atoms with Crippen LogP contribution in [0.5, 0.6) is 5.75 Å². The van der Waals surface area contributed by atoms with E-state index in [0.717, 1.165) is 22.2 Å². The van der Waals surface area contributed by atoms with Gasteiger partial charge in [0.1, 0.15) is 11.9 Å². The molecular formula is C10H8INO. The van der Waals surface area contributed by atoms with Crippen molar-refractivity contribution in [3.63, 3.8) is 0 Å². The molecule has 0 spiro atoms. The molecule has 1 aliphatic rings. The van der Waals surface area contributed by atoms with Crippen LogP contribution in [-0.4, -0.2) is 10.5 Å². The van der Waals surface area contributed by atoms with Crippen LogP contribution in [-0.2, 0) is 6.42 Å². The summed E-state index contributed by atoms with van der Waals surface area (Å²) in [4.78, 5) is 0. The van der Waals surface area contributed by atoms with Gasteiger partial charge in [-0.25, -0.2) is 0 Å². The Hall–Kier alpha value is -0.760. The number of nitrogens with zero attached hydrogens (tertiary/aromatic N) is 1. The topological polar surface area (TPSA) is 33.0 Å². The number of fused-ring (bicyclic) bond motifs is 1. The molecule has 1 unspecified atom stereocenters. The molecule has 3 heteroatoms. The molecule has 1 heterocycles. The Morgan fingerprint density at radius 3 is 3.15 bits per heavy atom. The van der Waals surface area contributed by atoms with Gasteiger partial charge in [-0.3, -0.25) is 0 Å². The minimum atomic E-state index is 0.296. The maximum Gasteiger partial charge on any atom is 0.123 e. The first-order valence-electron chi connectivity index (χ1n) is 4.09. The molecule has 0 radical (unpaired) electrons. The standard InChI is InChI=1S/C10H8INO/c11-5-9-4-8-3-7(6-12)1-2-10(8)13-9/h1-3,9H,4-5H2. The van der Waals surface area contributed by atoms with Crippen LogP contribution < -0.4 is 4.74 Å². The van der Waals surface area contributed by atoms with Crippen LogP contribution in [0.1, 0.15) is 11.1 Å². The highest BCUT2D eigenvalue weighted by atomic mass is 127. The fourth-order valence-electron chi connectivity index (χ4n) is 1.48. The second kappa shape index (κ2) is 3.54. The molecule has 2 rings (SSSR count). The summed E-state index contributed by atoms with van der Waals surface area (Å²) in [7, 11) is 0. The predicted octanol–water partition coefficient (Wildman–Crippen LogP) is 2.30. The van der Waals surface area contributed by atoms with E-state index in [1.165, 1.54) is 5.56 Å². The van der Waals surface area contributed by atoms with Gasteiger partial charge in [0.15, 0.2) is 0 Å². The normalized spacial score (nSPS) is 18.9. The highest BCUT2D eigenvalue weighted by Gasteiger charge is 2.21. The van der Waals surface area contributed by atoms with E-state index in [1.54, 1.807) is 6.07 Å². The number of halogens is 1. The van der Waals surface area contributed by atoms with E-state index in [4.69, 9.17) is 10.00 Å². The Kier molecular flexibility index (Phi) is 2.40. The van der Waals surface area contributed by atoms with Gasteiger partial charge in [-0.1, -0.05) is 22.6 Å². The maximum absolute atomic E-state index is 8.70. The number of ether oxygens (including phenoxy) is 1. The third-order valence-electron chi connectivity index (χ3n) is 2.10. The molecule has 2 nitrogen and oxygen atoms in total. The van der Waals surface area contributed by atoms with E-state index in [1.807, 2.05) is 12.1 Å². The van der Waals surface area contributed by atoms with Crippen molar-refractivity contribution in [1.82, 2.24) is 0 Å². The molecule has 0 bridgehead atoms. The summed E-state index contributed by atoms with van der Waals surface area (Å²) in [5.41, 5.74) is 1.89. The molecule has 1 aliphatic heterocycles. The van der Waals surface area contributed by atoms with Crippen molar-refractivity contribution < 1.29 is 4.74 Å². The van der Waals surface area contributed by atoms with Gasteiger partial charge in [0.2, 0.25) is 0 Å². The van der Waals surface area contributed by atoms with Crippen molar-refractivity contribution in [2.24, 2.45) is 0 Å². The number of nitriles is 1. The van der Waals surface area contributed by atoms with Crippen molar-refractivity contribution >= 4 is 22.6 Å². The van der Waals surface area contributed by atoms with Crippen LogP contribution >= 0.6 is 22.6 Å². The van der Waals surface area contributed by atoms with Crippen LogP contribution in [0.4, 0.5) is 0 Å². The molecule has 66 valence electrons. The summed E-state index contributed by atoms with van der Waals surface area (Å²) in [6.45, 7) is 0. The Balaban J connectivity index is 2.32. The molecule has 1 aromatic rings. The van der Waals surface area contributed by atoms with Crippen molar-refractivity contribution in [2.45, 2.75) is 12.5 Å².